The van der Waals surface area contributed by atoms with Crippen LogP contribution in [0.15, 0.2) is 40.8 Å². The molecule has 0 fully saturated rings. The number of aryl methyl sites for hydroxylation is 1. The number of ether oxygens (including phenoxy) is 1. The van der Waals surface area contributed by atoms with E-state index < -0.39 is 24.4 Å². The first-order chi connectivity index (χ1) is 14.4. The maximum atomic E-state index is 13.0. The van der Waals surface area contributed by atoms with Gasteiger partial charge in [0.05, 0.1) is 5.56 Å². The van der Waals surface area contributed by atoms with E-state index in [1.165, 1.54) is 41.7 Å². The van der Waals surface area contributed by atoms with Crippen LogP contribution in [-0.2, 0) is 22.4 Å². The molecule has 7 nitrogen and oxygen atoms in total. The summed E-state index contributed by atoms with van der Waals surface area (Å²) >= 11 is 1.32. The van der Waals surface area contributed by atoms with Gasteiger partial charge in [-0.05, 0) is 61.2 Å². The standard InChI is InChI=1S/C21H17FN2O5S/c22-12-6-4-11(5-7-12)14-8-9-15(29-14)21(27)28-10-17(25)24-20-18(19(23)26)13-2-1-3-16(13)30-20/h4-9H,1-3,10H2,(H2,23,26)(H,24,25). The fraction of sp³-hybridized carbons (Fsp3) is 0.190. The second kappa shape index (κ2) is 8.11. The van der Waals surface area contributed by atoms with Gasteiger partial charge in [-0.2, -0.15) is 0 Å². The number of fused-ring (bicyclic) bond motifs is 1. The Morgan fingerprint density at radius 3 is 2.63 bits per heavy atom. The van der Waals surface area contributed by atoms with Crippen LogP contribution in [0, 0.1) is 5.82 Å². The van der Waals surface area contributed by atoms with Gasteiger partial charge in [-0.15, -0.1) is 11.3 Å². The van der Waals surface area contributed by atoms with E-state index in [1.807, 2.05) is 0 Å². The number of carbonyl (C=O) groups is 3. The van der Waals surface area contributed by atoms with Crippen LogP contribution in [0.2, 0.25) is 0 Å². The molecule has 0 saturated carbocycles. The quantitative estimate of drug-likeness (QED) is 0.584. The minimum Gasteiger partial charge on any atom is -0.450 e. The van der Waals surface area contributed by atoms with Crippen molar-refractivity contribution in [3.63, 3.8) is 0 Å². The van der Waals surface area contributed by atoms with Gasteiger partial charge in [-0.1, -0.05) is 0 Å². The van der Waals surface area contributed by atoms with Crippen molar-refractivity contribution in [3.8, 4) is 11.3 Å². The Bertz CT molecular complexity index is 1130. The average molecular weight is 428 g/mol. The normalized spacial score (nSPS) is 12.4. The molecule has 1 aliphatic carbocycles. The van der Waals surface area contributed by atoms with Crippen LogP contribution in [0.25, 0.3) is 11.3 Å². The van der Waals surface area contributed by atoms with Gasteiger partial charge in [-0.25, -0.2) is 9.18 Å². The lowest BCUT2D eigenvalue weighted by molar-refractivity contribution is -0.119. The number of benzene rings is 1. The summed E-state index contributed by atoms with van der Waals surface area (Å²) in [6.45, 7) is -0.549. The largest absolute Gasteiger partial charge is 0.450 e. The number of thiophene rings is 1. The van der Waals surface area contributed by atoms with Crippen LogP contribution < -0.4 is 11.1 Å². The van der Waals surface area contributed by atoms with Crippen molar-refractivity contribution in [2.75, 3.05) is 11.9 Å². The summed E-state index contributed by atoms with van der Waals surface area (Å²) in [4.78, 5) is 37.2. The molecule has 4 rings (SSSR count). The molecule has 1 aromatic carbocycles. The molecule has 0 saturated heterocycles. The van der Waals surface area contributed by atoms with Crippen molar-refractivity contribution in [2.45, 2.75) is 19.3 Å². The summed E-state index contributed by atoms with van der Waals surface area (Å²) in [7, 11) is 0. The Hall–Kier alpha value is -3.46. The lowest BCUT2D eigenvalue weighted by Crippen LogP contribution is -2.22. The number of carbonyl (C=O) groups excluding carboxylic acids is 3. The maximum Gasteiger partial charge on any atom is 0.374 e. The Morgan fingerprint density at radius 1 is 1.13 bits per heavy atom. The molecule has 0 atom stereocenters. The number of furan rings is 1. The smallest absolute Gasteiger partial charge is 0.374 e. The molecule has 0 bridgehead atoms. The number of rotatable bonds is 6. The fourth-order valence-electron chi connectivity index (χ4n) is 3.33. The number of halogens is 1. The highest BCUT2D eigenvalue weighted by atomic mass is 32.1. The van der Waals surface area contributed by atoms with Gasteiger partial charge in [-0.3, -0.25) is 9.59 Å². The zero-order valence-corrected chi connectivity index (χ0v) is 16.5. The molecule has 2 aromatic heterocycles. The van der Waals surface area contributed by atoms with Crippen LogP contribution >= 0.6 is 11.3 Å². The van der Waals surface area contributed by atoms with E-state index in [2.05, 4.69) is 5.32 Å². The second-order valence-corrected chi connectivity index (χ2v) is 7.83. The number of hydrogen-bond acceptors (Lipinski definition) is 6. The number of anilines is 1. The minimum absolute atomic E-state index is 0.0879. The number of amides is 2. The molecule has 30 heavy (non-hydrogen) atoms. The van der Waals surface area contributed by atoms with E-state index in [1.54, 1.807) is 6.07 Å². The first-order valence-electron chi connectivity index (χ1n) is 9.19. The molecule has 3 aromatic rings. The molecule has 0 unspecified atom stereocenters. The van der Waals surface area contributed by atoms with Gasteiger partial charge in [0.25, 0.3) is 11.8 Å². The van der Waals surface area contributed by atoms with Crippen molar-refractivity contribution in [1.82, 2.24) is 0 Å². The van der Waals surface area contributed by atoms with E-state index in [-0.39, 0.29) is 11.6 Å². The molecule has 0 radical (unpaired) electrons. The number of nitrogens with two attached hydrogens (primary N) is 1. The highest BCUT2D eigenvalue weighted by molar-refractivity contribution is 7.17. The van der Waals surface area contributed by atoms with E-state index in [9.17, 15) is 18.8 Å². The zero-order valence-electron chi connectivity index (χ0n) is 15.7. The van der Waals surface area contributed by atoms with Gasteiger partial charge in [0.1, 0.15) is 16.6 Å². The molecule has 2 heterocycles. The van der Waals surface area contributed by atoms with Gasteiger partial charge < -0.3 is 20.2 Å². The van der Waals surface area contributed by atoms with Gasteiger partial charge in [0.2, 0.25) is 5.76 Å². The summed E-state index contributed by atoms with van der Waals surface area (Å²) in [5.41, 5.74) is 7.29. The van der Waals surface area contributed by atoms with Gasteiger partial charge in [0.15, 0.2) is 6.61 Å². The predicted octanol–water partition coefficient (Wildman–Crippen LogP) is 3.53. The Labute approximate surface area is 174 Å². The van der Waals surface area contributed by atoms with Crippen LogP contribution in [-0.4, -0.2) is 24.4 Å². The average Bonchev–Trinajstić information content (AvgIpc) is 3.42. The van der Waals surface area contributed by atoms with Gasteiger partial charge in [0, 0.05) is 10.4 Å². The van der Waals surface area contributed by atoms with Crippen LogP contribution in [0.5, 0.6) is 0 Å². The molecule has 154 valence electrons. The summed E-state index contributed by atoms with van der Waals surface area (Å²) in [6.07, 6.45) is 2.56. The highest BCUT2D eigenvalue weighted by Gasteiger charge is 2.26. The maximum absolute atomic E-state index is 13.0. The summed E-state index contributed by atoms with van der Waals surface area (Å²) in [6, 6.07) is 8.56. The van der Waals surface area contributed by atoms with E-state index >= 15 is 0 Å². The Morgan fingerprint density at radius 2 is 1.90 bits per heavy atom. The Kier molecular flexibility index (Phi) is 5.37. The molecule has 0 aliphatic heterocycles. The van der Waals surface area contributed by atoms with Crippen molar-refractivity contribution in [3.05, 3.63) is 64.0 Å². The third-order valence-electron chi connectivity index (χ3n) is 4.69. The number of primary amides is 1. The SMILES string of the molecule is NC(=O)c1c(NC(=O)COC(=O)c2ccc(-c3ccc(F)cc3)o2)sc2c1CCC2. The van der Waals surface area contributed by atoms with Crippen molar-refractivity contribution in [1.29, 1.82) is 0 Å². The monoisotopic (exact) mass is 428 g/mol. The first kappa shape index (κ1) is 19.8. The molecule has 0 spiro atoms. The number of nitrogens with one attached hydrogen (secondary N) is 1. The van der Waals surface area contributed by atoms with Crippen molar-refractivity contribution < 1.29 is 27.9 Å². The molecule has 9 heteroatoms. The molecule has 3 N–H and O–H groups in total. The lowest BCUT2D eigenvalue weighted by atomic mass is 10.1. The topological polar surface area (TPSA) is 112 Å². The summed E-state index contributed by atoms with van der Waals surface area (Å²) in [5.74, 6) is -2.10. The number of esters is 1. The van der Waals surface area contributed by atoms with Crippen LogP contribution in [0.1, 0.15) is 37.8 Å². The predicted molar refractivity (Wildman–Crippen MR) is 108 cm³/mol. The fourth-order valence-corrected chi connectivity index (χ4v) is 4.65. The minimum atomic E-state index is -0.817. The summed E-state index contributed by atoms with van der Waals surface area (Å²) < 4.78 is 23.4. The zero-order chi connectivity index (χ0) is 21.3. The van der Waals surface area contributed by atoms with Crippen LogP contribution in [0.4, 0.5) is 9.39 Å². The Balaban J connectivity index is 1.37. The molecule has 1 aliphatic rings. The van der Waals surface area contributed by atoms with E-state index in [0.29, 0.717) is 21.9 Å². The van der Waals surface area contributed by atoms with E-state index in [0.717, 1.165) is 29.7 Å². The molecule has 2 amide bonds. The third-order valence-corrected chi connectivity index (χ3v) is 5.90. The molecular formula is C21H17FN2O5S. The molecular weight excluding hydrogens is 411 g/mol. The van der Waals surface area contributed by atoms with Gasteiger partial charge >= 0.3 is 5.97 Å². The second-order valence-electron chi connectivity index (χ2n) is 6.72. The van der Waals surface area contributed by atoms with Crippen molar-refractivity contribution in [2.24, 2.45) is 5.73 Å². The van der Waals surface area contributed by atoms with Crippen LogP contribution in [0.3, 0.4) is 0 Å². The first-order valence-corrected chi connectivity index (χ1v) is 10.0. The lowest BCUT2D eigenvalue weighted by Gasteiger charge is -2.06. The highest BCUT2D eigenvalue weighted by Crippen LogP contribution is 2.38. The van der Waals surface area contributed by atoms with Crippen molar-refractivity contribution >= 4 is 34.1 Å². The summed E-state index contributed by atoms with van der Waals surface area (Å²) in [5, 5.41) is 2.98. The number of hydrogen-bond donors (Lipinski definition) is 2. The third kappa shape index (κ3) is 3.97. The van der Waals surface area contributed by atoms with E-state index in [4.69, 9.17) is 14.9 Å².